The van der Waals surface area contributed by atoms with Gasteiger partial charge in [0.05, 0.1) is 22.4 Å². The minimum atomic E-state index is -0.509. The Balaban J connectivity index is 2.45. The van der Waals surface area contributed by atoms with Crippen LogP contribution in [0.2, 0.25) is 5.02 Å². The van der Waals surface area contributed by atoms with Gasteiger partial charge in [-0.2, -0.15) is 8.75 Å². The van der Waals surface area contributed by atoms with Crippen LogP contribution in [-0.4, -0.2) is 20.7 Å². The molecule has 1 unspecified atom stereocenters. The molecular formula is C9H9ClN4OS. The van der Waals surface area contributed by atoms with E-state index in [1.165, 1.54) is 0 Å². The van der Waals surface area contributed by atoms with E-state index in [-0.39, 0.29) is 0 Å². The molecule has 2 rings (SSSR count). The largest absolute Gasteiger partial charge is 0.371 e. The second kappa shape index (κ2) is 4.23. The molecule has 2 aromatic rings. The molecule has 0 aliphatic heterocycles. The van der Waals surface area contributed by atoms with Crippen LogP contribution in [0.4, 0.5) is 5.69 Å². The molecule has 0 radical (unpaired) electrons. The van der Waals surface area contributed by atoms with Gasteiger partial charge in [-0.05, 0) is 19.1 Å². The molecule has 16 heavy (non-hydrogen) atoms. The molecule has 1 aromatic heterocycles. The van der Waals surface area contributed by atoms with Crippen LogP contribution in [0.3, 0.4) is 0 Å². The highest BCUT2D eigenvalue weighted by atomic mass is 35.5. The fraction of sp³-hybridized carbons (Fsp3) is 0.222. The van der Waals surface area contributed by atoms with Crippen molar-refractivity contribution >= 4 is 46.0 Å². The first kappa shape index (κ1) is 11.1. The average Bonchev–Trinajstić information content (AvgIpc) is 2.70. The Morgan fingerprint density at radius 1 is 1.56 bits per heavy atom. The van der Waals surface area contributed by atoms with E-state index in [0.717, 1.165) is 17.2 Å². The van der Waals surface area contributed by atoms with E-state index in [4.69, 9.17) is 17.3 Å². The molecule has 0 aliphatic carbocycles. The maximum atomic E-state index is 11.0. The standard InChI is InChI=1S/C9H9ClN4OS/c1-4(9(11)15)12-7-5(10)2-3-6-8(7)14-16-13-6/h2-4,12H,1H3,(H2,11,15). The second-order valence-corrected chi connectivity index (χ2v) is 4.26. The molecule has 0 fully saturated rings. The number of nitrogens with zero attached hydrogens (tertiary/aromatic N) is 2. The second-order valence-electron chi connectivity index (χ2n) is 3.32. The molecule has 0 bridgehead atoms. The third-order valence-corrected chi connectivity index (χ3v) is 3.02. The number of nitrogens with two attached hydrogens (primary N) is 1. The lowest BCUT2D eigenvalue weighted by atomic mass is 10.2. The Morgan fingerprint density at radius 2 is 2.31 bits per heavy atom. The van der Waals surface area contributed by atoms with E-state index < -0.39 is 11.9 Å². The van der Waals surface area contributed by atoms with Crippen molar-refractivity contribution < 1.29 is 4.79 Å². The van der Waals surface area contributed by atoms with Gasteiger partial charge in [0.1, 0.15) is 17.1 Å². The van der Waals surface area contributed by atoms with Gasteiger partial charge in [0, 0.05) is 0 Å². The molecular weight excluding hydrogens is 248 g/mol. The molecule has 0 saturated heterocycles. The Labute approximate surface area is 101 Å². The minimum Gasteiger partial charge on any atom is -0.371 e. The predicted octanol–water partition coefficient (Wildman–Crippen LogP) is 1.63. The van der Waals surface area contributed by atoms with E-state index in [0.29, 0.717) is 16.2 Å². The first-order valence-electron chi connectivity index (χ1n) is 4.56. The van der Waals surface area contributed by atoms with Crippen LogP contribution in [0.15, 0.2) is 12.1 Å². The molecule has 5 nitrogen and oxygen atoms in total. The number of aromatic nitrogens is 2. The third kappa shape index (κ3) is 1.94. The number of anilines is 1. The fourth-order valence-electron chi connectivity index (χ4n) is 1.25. The monoisotopic (exact) mass is 256 g/mol. The van der Waals surface area contributed by atoms with Gasteiger partial charge < -0.3 is 11.1 Å². The third-order valence-electron chi connectivity index (χ3n) is 2.16. The molecule has 0 aliphatic rings. The Bertz CT molecular complexity index is 541. The molecule has 7 heteroatoms. The zero-order valence-corrected chi connectivity index (χ0v) is 9.97. The lowest BCUT2D eigenvalue weighted by Gasteiger charge is -2.12. The Kier molecular flexibility index (Phi) is 2.93. The number of amides is 1. The maximum Gasteiger partial charge on any atom is 0.239 e. The highest BCUT2D eigenvalue weighted by Gasteiger charge is 2.14. The Morgan fingerprint density at radius 3 is 3.00 bits per heavy atom. The van der Waals surface area contributed by atoms with Gasteiger partial charge in [-0.15, -0.1) is 0 Å². The van der Waals surface area contributed by atoms with Gasteiger partial charge in [0.25, 0.3) is 0 Å². The molecule has 1 aromatic carbocycles. The van der Waals surface area contributed by atoms with Gasteiger partial charge in [0.2, 0.25) is 5.91 Å². The van der Waals surface area contributed by atoms with Crippen molar-refractivity contribution in [2.24, 2.45) is 5.73 Å². The first-order valence-corrected chi connectivity index (χ1v) is 5.67. The van der Waals surface area contributed by atoms with E-state index >= 15 is 0 Å². The number of benzene rings is 1. The highest BCUT2D eigenvalue weighted by Crippen LogP contribution is 2.30. The van der Waals surface area contributed by atoms with E-state index in [1.807, 2.05) is 0 Å². The van der Waals surface area contributed by atoms with Crippen LogP contribution in [0.5, 0.6) is 0 Å². The topological polar surface area (TPSA) is 80.9 Å². The molecule has 0 saturated carbocycles. The predicted molar refractivity (Wildman–Crippen MR) is 64.7 cm³/mol. The van der Waals surface area contributed by atoms with Crippen molar-refractivity contribution in [3.8, 4) is 0 Å². The van der Waals surface area contributed by atoms with Crippen molar-refractivity contribution in [2.75, 3.05) is 5.32 Å². The van der Waals surface area contributed by atoms with E-state index in [1.54, 1.807) is 19.1 Å². The highest BCUT2D eigenvalue weighted by molar-refractivity contribution is 7.00. The molecule has 3 N–H and O–H groups in total. The van der Waals surface area contributed by atoms with E-state index in [2.05, 4.69) is 14.1 Å². The normalized spacial score (nSPS) is 12.6. The summed E-state index contributed by atoms with van der Waals surface area (Å²) in [6, 6.07) is 2.98. The summed E-state index contributed by atoms with van der Waals surface area (Å²) in [5.74, 6) is -0.448. The molecule has 1 amide bonds. The summed E-state index contributed by atoms with van der Waals surface area (Å²) in [6.07, 6.45) is 0. The van der Waals surface area contributed by atoms with E-state index in [9.17, 15) is 4.79 Å². The summed E-state index contributed by atoms with van der Waals surface area (Å²) in [5, 5.41) is 3.43. The van der Waals surface area contributed by atoms with Crippen molar-refractivity contribution in [2.45, 2.75) is 13.0 Å². The summed E-state index contributed by atoms with van der Waals surface area (Å²) in [7, 11) is 0. The molecule has 0 spiro atoms. The van der Waals surface area contributed by atoms with Crippen LogP contribution in [-0.2, 0) is 4.79 Å². The molecule has 84 valence electrons. The number of hydrogen-bond acceptors (Lipinski definition) is 5. The molecule has 1 atom stereocenters. The number of rotatable bonds is 3. The Hall–Kier alpha value is -1.40. The number of fused-ring (bicyclic) bond motifs is 1. The van der Waals surface area contributed by atoms with Crippen molar-refractivity contribution in [3.05, 3.63) is 17.2 Å². The summed E-state index contributed by atoms with van der Waals surface area (Å²) in [5.41, 5.74) is 7.17. The van der Waals surface area contributed by atoms with Crippen molar-refractivity contribution in [1.29, 1.82) is 0 Å². The first-order chi connectivity index (χ1) is 7.59. The summed E-state index contributed by atoms with van der Waals surface area (Å²) in [4.78, 5) is 11.0. The summed E-state index contributed by atoms with van der Waals surface area (Å²) >= 11 is 7.13. The van der Waals surface area contributed by atoms with Gasteiger partial charge in [-0.1, -0.05) is 11.6 Å². The number of nitrogens with one attached hydrogen (secondary N) is 1. The van der Waals surface area contributed by atoms with Crippen LogP contribution < -0.4 is 11.1 Å². The lowest BCUT2D eigenvalue weighted by molar-refractivity contribution is -0.118. The maximum absolute atomic E-state index is 11.0. The van der Waals surface area contributed by atoms with Crippen molar-refractivity contribution in [3.63, 3.8) is 0 Å². The van der Waals surface area contributed by atoms with Crippen LogP contribution in [0.25, 0.3) is 11.0 Å². The van der Waals surface area contributed by atoms with Crippen LogP contribution in [0.1, 0.15) is 6.92 Å². The lowest BCUT2D eigenvalue weighted by Crippen LogP contribution is -2.32. The number of carbonyl (C=O) groups excluding carboxylic acids is 1. The number of primary amides is 1. The zero-order valence-electron chi connectivity index (χ0n) is 8.40. The van der Waals surface area contributed by atoms with Gasteiger partial charge >= 0.3 is 0 Å². The number of hydrogen-bond donors (Lipinski definition) is 2. The molecule has 1 heterocycles. The quantitative estimate of drug-likeness (QED) is 0.875. The summed E-state index contributed by atoms with van der Waals surface area (Å²) in [6.45, 7) is 1.66. The SMILES string of the molecule is CC(Nc1c(Cl)ccc2nsnc12)C(N)=O. The summed E-state index contributed by atoms with van der Waals surface area (Å²) < 4.78 is 8.21. The zero-order chi connectivity index (χ0) is 11.7. The van der Waals surface area contributed by atoms with Gasteiger partial charge in [-0.25, -0.2) is 0 Å². The van der Waals surface area contributed by atoms with Crippen LogP contribution in [0, 0.1) is 0 Å². The smallest absolute Gasteiger partial charge is 0.239 e. The number of carbonyl (C=O) groups is 1. The van der Waals surface area contributed by atoms with Crippen molar-refractivity contribution in [1.82, 2.24) is 8.75 Å². The average molecular weight is 257 g/mol. The number of halogens is 1. The van der Waals surface area contributed by atoms with Crippen LogP contribution >= 0.6 is 23.3 Å². The van der Waals surface area contributed by atoms with Gasteiger partial charge in [-0.3, -0.25) is 4.79 Å². The minimum absolute atomic E-state index is 0.448. The fourth-order valence-corrected chi connectivity index (χ4v) is 2.00. The van der Waals surface area contributed by atoms with Gasteiger partial charge in [0.15, 0.2) is 0 Å².